The van der Waals surface area contributed by atoms with Crippen LogP contribution in [0.3, 0.4) is 0 Å². The summed E-state index contributed by atoms with van der Waals surface area (Å²) in [6.45, 7) is 2.69. The predicted octanol–water partition coefficient (Wildman–Crippen LogP) is 1.80. The summed E-state index contributed by atoms with van der Waals surface area (Å²) < 4.78 is 29.2. The lowest BCUT2D eigenvalue weighted by Crippen LogP contribution is -2.08. The standard InChI is InChI=1S/C15H17NO5S/c1-10-3-5-13(6-4-10)22(19,20)21-9-12-7-16-11(2)15(18)14(12)8-17/h3-7,17-18H,8-9H2,1-2H3. The summed E-state index contributed by atoms with van der Waals surface area (Å²) in [7, 11) is -3.91. The Labute approximate surface area is 129 Å². The van der Waals surface area contributed by atoms with Gasteiger partial charge in [0.25, 0.3) is 10.1 Å². The van der Waals surface area contributed by atoms with Crippen LogP contribution in [-0.2, 0) is 27.5 Å². The van der Waals surface area contributed by atoms with Crippen molar-refractivity contribution in [2.24, 2.45) is 0 Å². The van der Waals surface area contributed by atoms with Crippen LogP contribution >= 0.6 is 0 Å². The molecule has 1 aromatic carbocycles. The maximum atomic E-state index is 12.1. The van der Waals surface area contributed by atoms with Gasteiger partial charge in [0.2, 0.25) is 0 Å². The summed E-state index contributed by atoms with van der Waals surface area (Å²) in [6.07, 6.45) is 1.38. The number of rotatable bonds is 5. The largest absolute Gasteiger partial charge is 0.506 e. The summed E-state index contributed by atoms with van der Waals surface area (Å²) >= 11 is 0. The van der Waals surface area contributed by atoms with Crippen molar-refractivity contribution in [1.82, 2.24) is 4.98 Å². The molecular formula is C15H17NO5S. The number of nitrogens with zero attached hydrogens (tertiary/aromatic N) is 1. The lowest BCUT2D eigenvalue weighted by atomic mass is 10.1. The van der Waals surface area contributed by atoms with Gasteiger partial charge in [0, 0.05) is 17.3 Å². The van der Waals surface area contributed by atoms with Gasteiger partial charge in [0.15, 0.2) is 0 Å². The normalized spacial score (nSPS) is 11.6. The fraction of sp³-hybridized carbons (Fsp3) is 0.267. The number of aliphatic hydroxyl groups excluding tert-OH is 1. The van der Waals surface area contributed by atoms with Crippen LogP contribution in [0.15, 0.2) is 35.4 Å². The summed E-state index contributed by atoms with van der Waals surface area (Å²) in [4.78, 5) is 3.99. The molecule has 0 atom stereocenters. The van der Waals surface area contributed by atoms with Gasteiger partial charge >= 0.3 is 0 Å². The lowest BCUT2D eigenvalue weighted by Gasteiger charge is -2.11. The van der Waals surface area contributed by atoms with Crippen LogP contribution in [0.5, 0.6) is 5.75 Å². The van der Waals surface area contributed by atoms with E-state index in [0.717, 1.165) is 5.56 Å². The van der Waals surface area contributed by atoms with Crippen LogP contribution in [-0.4, -0.2) is 23.6 Å². The summed E-state index contributed by atoms with van der Waals surface area (Å²) in [6, 6.07) is 6.27. The van der Waals surface area contributed by atoms with Crippen molar-refractivity contribution < 1.29 is 22.8 Å². The van der Waals surface area contributed by atoms with Crippen LogP contribution in [0.1, 0.15) is 22.4 Å². The number of aryl methyl sites for hydroxylation is 2. The first kappa shape index (κ1) is 16.4. The van der Waals surface area contributed by atoms with Crippen molar-refractivity contribution in [3.63, 3.8) is 0 Å². The fourth-order valence-corrected chi connectivity index (χ4v) is 2.79. The minimum Gasteiger partial charge on any atom is -0.506 e. The Morgan fingerprint density at radius 1 is 1.18 bits per heavy atom. The topological polar surface area (TPSA) is 96.7 Å². The Bertz CT molecular complexity index is 769. The molecule has 0 aliphatic carbocycles. The third-order valence-electron chi connectivity index (χ3n) is 3.27. The molecule has 0 spiro atoms. The van der Waals surface area contributed by atoms with E-state index in [1.165, 1.54) is 18.3 Å². The Morgan fingerprint density at radius 2 is 1.82 bits per heavy atom. The van der Waals surface area contributed by atoms with Gasteiger partial charge in [-0.25, -0.2) is 0 Å². The van der Waals surface area contributed by atoms with Gasteiger partial charge in [0.1, 0.15) is 5.75 Å². The van der Waals surface area contributed by atoms with E-state index in [2.05, 4.69) is 4.98 Å². The molecule has 1 heterocycles. The van der Waals surface area contributed by atoms with Gasteiger partial charge < -0.3 is 10.2 Å². The smallest absolute Gasteiger partial charge is 0.297 e. The summed E-state index contributed by atoms with van der Waals surface area (Å²) in [5.41, 5.74) is 1.83. The third-order valence-corrected chi connectivity index (χ3v) is 4.55. The van der Waals surface area contributed by atoms with E-state index in [1.807, 2.05) is 6.92 Å². The Hall–Kier alpha value is -1.96. The number of aliphatic hydroxyl groups is 1. The van der Waals surface area contributed by atoms with E-state index < -0.39 is 16.7 Å². The van der Waals surface area contributed by atoms with Crippen molar-refractivity contribution in [3.8, 4) is 5.75 Å². The molecule has 7 heteroatoms. The van der Waals surface area contributed by atoms with Gasteiger partial charge in [0.05, 0.1) is 23.8 Å². The van der Waals surface area contributed by atoms with Gasteiger partial charge in [-0.3, -0.25) is 9.17 Å². The molecule has 2 N–H and O–H groups in total. The average Bonchev–Trinajstić information content (AvgIpc) is 2.49. The highest BCUT2D eigenvalue weighted by atomic mass is 32.2. The van der Waals surface area contributed by atoms with E-state index in [4.69, 9.17) is 4.18 Å². The van der Waals surface area contributed by atoms with Gasteiger partial charge in [-0.1, -0.05) is 17.7 Å². The van der Waals surface area contributed by atoms with Gasteiger partial charge in [-0.05, 0) is 26.0 Å². The molecule has 2 rings (SSSR count). The van der Waals surface area contributed by atoms with E-state index >= 15 is 0 Å². The first-order chi connectivity index (χ1) is 10.3. The van der Waals surface area contributed by atoms with Crippen LogP contribution in [0.25, 0.3) is 0 Å². The molecule has 0 amide bonds. The van der Waals surface area contributed by atoms with E-state index in [-0.39, 0.29) is 22.8 Å². The van der Waals surface area contributed by atoms with Crippen molar-refractivity contribution in [3.05, 3.63) is 52.8 Å². The lowest BCUT2D eigenvalue weighted by molar-refractivity contribution is 0.263. The zero-order valence-corrected chi connectivity index (χ0v) is 13.1. The summed E-state index contributed by atoms with van der Waals surface area (Å²) in [5, 5.41) is 19.1. The Kier molecular flexibility index (Phi) is 4.80. The molecule has 6 nitrogen and oxygen atoms in total. The maximum absolute atomic E-state index is 12.1. The number of hydrogen-bond donors (Lipinski definition) is 2. The number of pyridine rings is 1. The van der Waals surface area contributed by atoms with Gasteiger partial charge in [-0.15, -0.1) is 0 Å². The second kappa shape index (κ2) is 6.43. The highest BCUT2D eigenvalue weighted by Crippen LogP contribution is 2.25. The number of benzene rings is 1. The second-order valence-corrected chi connectivity index (χ2v) is 6.50. The highest BCUT2D eigenvalue weighted by molar-refractivity contribution is 7.86. The molecule has 0 radical (unpaired) electrons. The molecule has 0 saturated carbocycles. The fourth-order valence-electron chi connectivity index (χ4n) is 1.90. The molecule has 0 bridgehead atoms. The molecule has 22 heavy (non-hydrogen) atoms. The third kappa shape index (κ3) is 3.44. The van der Waals surface area contributed by atoms with Crippen LogP contribution in [0.4, 0.5) is 0 Å². The van der Waals surface area contributed by atoms with Crippen molar-refractivity contribution in [1.29, 1.82) is 0 Å². The first-order valence-corrected chi connectivity index (χ1v) is 7.99. The van der Waals surface area contributed by atoms with Crippen molar-refractivity contribution in [2.75, 3.05) is 0 Å². The van der Waals surface area contributed by atoms with Crippen LogP contribution in [0, 0.1) is 13.8 Å². The quantitative estimate of drug-likeness (QED) is 0.815. The minimum atomic E-state index is -3.91. The molecule has 0 unspecified atom stereocenters. The molecular weight excluding hydrogens is 306 g/mol. The molecule has 0 saturated heterocycles. The summed E-state index contributed by atoms with van der Waals surface area (Å²) in [5.74, 6) is -0.156. The van der Waals surface area contributed by atoms with E-state index in [1.54, 1.807) is 19.1 Å². The highest BCUT2D eigenvalue weighted by Gasteiger charge is 2.18. The number of aromatic nitrogens is 1. The van der Waals surface area contributed by atoms with Crippen molar-refractivity contribution in [2.45, 2.75) is 32.0 Å². The first-order valence-electron chi connectivity index (χ1n) is 6.58. The van der Waals surface area contributed by atoms with E-state index in [9.17, 15) is 18.6 Å². The zero-order valence-electron chi connectivity index (χ0n) is 12.3. The second-order valence-electron chi connectivity index (χ2n) is 4.88. The SMILES string of the molecule is Cc1ccc(S(=O)(=O)OCc2cnc(C)c(O)c2CO)cc1. The number of hydrogen-bond acceptors (Lipinski definition) is 6. The monoisotopic (exact) mass is 323 g/mol. The molecule has 0 aliphatic rings. The zero-order chi connectivity index (χ0) is 16.3. The Morgan fingerprint density at radius 3 is 2.41 bits per heavy atom. The minimum absolute atomic E-state index is 0.0490. The average molecular weight is 323 g/mol. The van der Waals surface area contributed by atoms with Crippen LogP contribution < -0.4 is 0 Å². The Balaban J connectivity index is 2.23. The predicted molar refractivity (Wildman–Crippen MR) is 79.7 cm³/mol. The molecule has 0 aliphatic heterocycles. The molecule has 0 fully saturated rings. The number of aromatic hydroxyl groups is 1. The van der Waals surface area contributed by atoms with Crippen LogP contribution in [0.2, 0.25) is 0 Å². The molecule has 2 aromatic rings. The molecule has 1 aromatic heterocycles. The maximum Gasteiger partial charge on any atom is 0.297 e. The van der Waals surface area contributed by atoms with Crippen molar-refractivity contribution >= 4 is 10.1 Å². The molecule has 118 valence electrons. The van der Waals surface area contributed by atoms with E-state index in [0.29, 0.717) is 11.3 Å². The van der Waals surface area contributed by atoms with Gasteiger partial charge in [-0.2, -0.15) is 8.42 Å².